The number of carbonyl (C=O) groups excluding carboxylic acids is 2. The standard InChI is InChI=1S/C20H22N2O5/c1-25-18-5-4-13(20(24)22-6-9-26-10-7-22)11-16(18)21-19(23)15-12-14(15)17-3-2-8-27-17/h2-5,8,11,14-15H,6-7,9-10,12H2,1H3,(H,21,23)/t14-,15-/m0/s1. The maximum absolute atomic E-state index is 12.7. The largest absolute Gasteiger partial charge is 0.495 e. The van der Waals surface area contributed by atoms with Crippen LogP contribution in [0, 0.1) is 5.92 Å². The minimum atomic E-state index is -0.126. The van der Waals surface area contributed by atoms with E-state index >= 15 is 0 Å². The highest BCUT2D eigenvalue weighted by Gasteiger charge is 2.46. The monoisotopic (exact) mass is 370 g/mol. The number of anilines is 1. The van der Waals surface area contributed by atoms with Gasteiger partial charge in [-0.25, -0.2) is 0 Å². The van der Waals surface area contributed by atoms with Gasteiger partial charge in [0.05, 0.1) is 32.3 Å². The van der Waals surface area contributed by atoms with Crippen molar-refractivity contribution in [2.45, 2.75) is 12.3 Å². The molecule has 0 bridgehead atoms. The Kier molecular flexibility index (Phi) is 4.85. The van der Waals surface area contributed by atoms with Gasteiger partial charge in [0.15, 0.2) is 0 Å². The molecule has 1 saturated heterocycles. The van der Waals surface area contributed by atoms with Crippen molar-refractivity contribution in [1.82, 2.24) is 4.90 Å². The van der Waals surface area contributed by atoms with Gasteiger partial charge >= 0.3 is 0 Å². The number of benzene rings is 1. The van der Waals surface area contributed by atoms with Crippen LogP contribution in [0.1, 0.15) is 28.5 Å². The Morgan fingerprint density at radius 1 is 1.22 bits per heavy atom. The van der Waals surface area contributed by atoms with E-state index in [0.29, 0.717) is 43.3 Å². The van der Waals surface area contributed by atoms with E-state index in [1.54, 1.807) is 29.4 Å². The Bertz CT molecular complexity index is 827. The van der Waals surface area contributed by atoms with E-state index in [4.69, 9.17) is 13.9 Å². The summed E-state index contributed by atoms with van der Waals surface area (Å²) in [7, 11) is 1.54. The molecule has 2 fully saturated rings. The van der Waals surface area contributed by atoms with E-state index < -0.39 is 0 Å². The first kappa shape index (κ1) is 17.6. The molecule has 27 heavy (non-hydrogen) atoms. The first-order chi connectivity index (χ1) is 13.2. The van der Waals surface area contributed by atoms with Crippen molar-refractivity contribution in [3.63, 3.8) is 0 Å². The molecule has 0 radical (unpaired) electrons. The lowest BCUT2D eigenvalue weighted by atomic mass is 10.1. The molecule has 0 unspecified atom stereocenters. The second-order valence-corrected chi connectivity index (χ2v) is 6.77. The van der Waals surface area contributed by atoms with Crippen LogP contribution in [0.2, 0.25) is 0 Å². The molecular weight excluding hydrogens is 348 g/mol. The zero-order valence-corrected chi connectivity index (χ0v) is 15.1. The molecule has 7 heteroatoms. The van der Waals surface area contributed by atoms with Crippen LogP contribution in [0.4, 0.5) is 5.69 Å². The van der Waals surface area contributed by atoms with Crippen LogP contribution in [0.15, 0.2) is 41.0 Å². The van der Waals surface area contributed by atoms with Gasteiger partial charge < -0.3 is 24.1 Å². The molecule has 2 aliphatic rings. The molecule has 4 rings (SSSR count). The summed E-state index contributed by atoms with van der Waals surface area (Å²) in [5, 5.41) is 2.91. The van der Waals surface area contributed by atoms with Gasteiger partial charge in [-0.1, -0.05) is 0 Å². The average molecular weight is 370 g/mol. The predicted molar refractivity (Wildman–Crippen MR) is 97.9 cm³/mol. The predicted octanol–water partition coefficient (Wildman–Crippen LogP) is 2.50. The Morgan fingerprint density at radius 2 is 2.04 bits per heavy atom. The minimum Gasteiger partial charge on any atom is -0.495 e. The Morgan fingerprint density at radius 3 is 2.74 bits per heavy atom. The Hall–Kier alpha value is -2.80. The molecule has 1 aromatic heterocycles. The SMILES string of the molecule is COc1ccc(C(=O)N2CCOCC2)cc1NC(=O)[C@H]1C[C@@H]1c1ccco1. The molecule has 2 aromatic rings. The summed E-state index contributed by atoms with van der Waals surface area (Å²) < 4.78 is 16.0. The van der Waals surface area contributed by atoms with E-state index in [1.807, 2.05) is 12.1 Å². The third-order valence-corrected chi connectivity index (χ3v) is 5.04. The maximum Gasteiger partial charge on any atom is 0.254 e. The number of nitrogens with one attached hydrogen (secondary N) is 1. The van der Waals surface area contributed by atoms with Gasteiger partial charge in [-0.05, 0) is 36.8 Å². The molecule has 2 heterocycles. The number of hydrogen-bond donors (Lipinski definition) is 1. The van der Waals surface area contributed by atoms with Gasteiger partial charge in [0.2, 0.25) is 5.91 Å². The lowest BCUT2D eigenvalue weighted by Gasteiger charge is -2.27. The van der Waals surface area contributed by atoms with E-state index in [2.05, 4.69) is 5.32 Å². The van der Waals surface area contributed by atoms with Gasteiger partial charge in [0.1, 0.15) is 11.5 Å². The van der Waals surface area contributed by atoms with Crippen LogP contribution in [-0.2, 0) is 9.53 Å². The summed E-state index contributed by atoms with van der Waals surface area (Å²) in [5.74, 6) is 1.18. The second-order valence-electron chi connectivity index (χ2n) is 6.77. The van der Waals surface area contributed by atoms with E-state index in [9.17, 15) is 9.59 Å². The van der Waals surface area contributed by atoms with Gasteiger partial charge in [0.25, 0.3) is 5.91 Å². The fraction of sp³-hybridized carbons (Fsp3) is 0.400. The molecule has 1 N–H and O–H groups in total. The van der Waals surface area contributed by atoms with E-state index in [0.717, 1.165) is 12.2 Å². The highest BCUT2D eigenvalue weighted by molar-refractivity contribution is 6.00. The average Bonchev–Trinajstić information content (AvgIpc) is 3.33. The van der Waals surface area contributed by atoms with Gasteiger partial charge in [0, 0.05) is 30.5 Å². The number of rotatable bonds is 5. The van der Waals surface area contributed by atoms with Crippen LogP contribution in [-0.4, -0.2) is 50.1 Å². The van der Waals surface area contributed by atoms with Crippen molar-refractivity contribution in [1.29, 1.82) is 0 Å². The molecule has 7 nitrogen and oxygen atoms in total. The minimum absolute atomic E-state index is 0.0728. The third-order valence-electron chi connectivity index (χ3n) is 5.04. The Balaban J connectivity index is 1.48. The fourth-order valence-electron chi connectivity index (χ4n) is 3.41. The number of nitrogens with zero attached hydrogens (tertiary/aromatic N) is 1. The number of carbonyl (C=O) groups is 2. The van der Waals surface area contributed by atoms with Crippen LogP contribution in [0.3, 0.4) is 0 Å². The first-order valence-electron chi connectivity index (χ1n) is 9.06. The number of ether oxygens (including phenoxy) is 2. The summed E-state index contributed by atoms with van der Waals surface area (Å²) in [6.07, 6.45) is 2.38. The summed E-state index contributed by atoms with van der Waals surface area (Å²) in [4.78, 5) is 27.1. The van der Waals surface area contributed by atoms with Crippen molar-refractivity contribution in [2.75, 3.05) is 38.7 Å². The van der Waals surface area contributed by atoms with Gasteiger partial charge in [-0.2, -0.15) is 0 Å². The number of morpholine rings is 1. The van der Waals surface area contributed by atoms with Crippen molar-refractivity contribution in [2.24, 2.45) is 5.92 Å². The molecule has 1 aliphatic carbocycles. The Labute approximate surface area is 157 Å². The van der Waals surface area contributed by atoms with Crippen LogP contribution < -0.4 is 10.1 Å². The third kappa shape index (κ3) is 3.68. The summed E-state index contributed by atoms with van der Waals surface area (Å²) in [5.41, 5.74) is 1.03. The van der Waals surface area contributed by atoms with E-state index in [1.165, 1.54) is 7.11 Å². The van der Waals surface area contributed by atoms with Crippen molar-refractivity contribution in [3.05, 3.63) is 47.9 Å². The highest BCUT2D eigenvalue weighted by atomic mass is 16.5. The topological polar surface area (TPSA) is 81.0 Å². The summed E-state index contributed by atoms with van der Waals surface area (Å²) in [6, 6.07) is 8.82. The molecule has 2 atom stereocenters. The fourth-order valence-corrected chi connectivity index (χ4v) is 3.41. The lowest BCUT2D eigenvalue weighted by Crippen LogP contribution is -2.40. The van der Waals surface area contributed by atoms with Crippen LogP contribution in [0.25, 0.3) is 0 Å². The van der Waals surface area contributed by atoms with Crippen molar-refractivity contribution < 1.29 is 23.5 Å². The molecule has 1 saturated carbocycles. The second kappa shape index (κ2) is 7.44. The van der Waals surface area contributed by atoms with Crippen LogP contribution in [0.5, 0.6) is 5.75 Å². The van der Waals surface area contributed by atoms with Gasteiger partial charge in [-0.3, -0.25) is 9.59 Å². The smallest absolute Gasteiger partial charge is 0.254 e. The highest BCUT2D eigenvalue weighted by Crippen LogP contribution is 2.48. The number of hydrogen-bond acceptors (Lipinski definition) is 5. The zero-order chi connectivity index (χ0) is 18.8. The van der Waals surface area contributed by atoms with Crippen molar-refractivity contribution in [3.8, 4) is 5.75 Å². The molecule has 1 aliphatic heterocycles. The molecule has 2 amide bonds. The normalized spacial score (nSPS) is 21.6. The number of amides is 2. The maximum atomic E-state index is 12.7. The number of methoxy groups -OCH3 is 1. The van der Waals surface area contributed by atoms with Crippen molar-refractivity contribution >= 4 is 17.5 Å². The molecule has 142 valence electrons. The van der Waals surface area contributed by atoms with E-state index in [-0.39, 0.29) is 23.7 Å². The summed E-state index contributed by atoms with van der Waals surface area (Å²) in [6.45, 7) is 2.22. The quantitative estimate of drug-likeness (QED) is 0.875. The molecule has 0 spiro atoms. The van der Waals surface area contributed by atoms with Gasteiger partial charge in [-0.15, -0.1) is 0 Å². The summed E-state index contributed by atoms with van der Waals surface area (Å²) >= 11 is 0. The molecular formula is C20H22N2O5. The number of furan rings is 1. The van der Waals surface area contributed by atoms with Crippen LogP contribution >= 0.6 is 0 Å². The first-order valence-corrected chi connectivity index (χ1v) is 9.06. The zero-order valence-electron chi connectivity index (χ0n) is 15.1. The molecule has 1 aromatic carbocycles. The lowest BCUT2D eigenvalue weighted by molar-refractivity contribution is -0.117.